The van der Waals surface area contributed by atoms with Crippen molar-refractivity contribution in [1.82, 2.24) is 5.32 Å². The number of anilines is 1. The van der Waals surface area contributed by atoms with E-state index in [-0.39, 0.29) is 12.2 Å². The fourth-order valence-electron chi connectivity index (χ4n) is 3.64. The molecule has 0 fully saturated rings. The third-order valence-corrected chi connectivity index (χ3v) is 14.4. The van der Waals surface area contributed by atoms with Crippen LogP contribution >= 0.6 is 0 Å². The Labute approximate surface area is 315 Å². The molecule has 0 saturated carbocycles. The Kier molecular flexibility index (Phi) is 16.7. The molecule has 0 heterocycles. The highest BCUT2D eigenvalue weighted by Gasteiger charge is 2.55. The number of halogens is 12. The van der Waals surface area contributed by atoms with Gasteiger partial charge in [0.25, 0.3) is 0 Å². The highest BCUT2D eigenvalue weighted by Crippen LogP contribution is 2.44. The van der Waals surface area contributed by atoms with Crippen molar-refractivity contribution in [3.05, 3.63) is 75.4 Å². The SMILES string of the molecule is CC(C[C-](S(=O)(=O)C(F)(F)F)S(=O)(=O)C(F)(F)F)OC(=O)NCc1ccccc1.CC(C[C-](S(=O)(=O)C(F)(F)F)S(=O)(=O)C(F)(F)F)OC(=O)Nc1ccccc1. The van der Waals surface area contributed by atoms with Crippen LogP contribution in [0.25, 0.3) is 0 Å². The highest BCUT2D eigenvalue weighted by molar-refractivity contribution is 8.14. The van der Waals surface area contributed by atoms with Crippen molar-refractivity contribution in [3.63, 3.8) is 0 Å². The predicted molar refractivity (Wildman–Crippen MR) is 171 cm³/mol. The summed E-state index contributed by atoms with van der Waals surface area (Å²) in [6.07, 6.45) is -10.3. The Morgan fingerprint density at radius 1 is 0.544 bits per heavy atom. The van der Waals surface area contributed by atoms with Crippen LogP contribution in [-0.4, -0.2) is 80.1 Å². The van der Waals surface area contributed by atoms with E-state index >= 15 is 0 Å². The number of ether oxygens (including phenoxy) is 2. The summed E-state index contributed by atoms with van der Waals surface area (Å²) >= 11 is 0. The number of rotatable bonds is 13. The average molecular weight is 927 g/mol. The van der Waals surface area contributed by atoms with E-state index in [2.05, 4.69) is 20.1 Å². The molecule has 0 aliphatic carbocycles. The van der Waals surface area contributed by atoms with Gasteiger partial charge in [-0.1, -0.05) is 57.7 Å². The monoisotopic (exact) mass is 926 g/mol. The molecule has 2 rings (SSSR count). The molecule has 30 heteroatoms. The van der Waals surface area contributed by atoms with Crippen molar-refractivity contribution in [2.24, 2.45) is 0 Å². The molecule has 0 saturated heterocycles. The maximum Gasteiger partial charge on any atom is 0.469 e. The molecule has 2 atom stereocenters. The number of carbonyl (C=O) groups excluding carboxylic acids is 2. The third-order valence-electron chi connectivity index (χ3n) is 6.24. The van der Waals surface area contributed by atoms with Crippen LogP contribution in [0.1, 0.15) is 32.3 Å². The van der Waals surface area contributed by atoms with Gasteiger partial charge >= 0.3 is 34.2 Å². The fourth-order valence-corrected chi connectivity index (χ4v) is 9.94. The van der Waals surface area contributed by atoms with Crippen molar-refractivity contribution in [1.29, 1.82) is 0 Å². The lowest BCUT2D eigenvalue weighted by atomic mass is 10.2. The van der Waals surface area contributed by atoms with Crippen molar-refractivity contribution in [2.75, 3.05) is 5.32 Å². The molecule has 2 aromatic rings. The lowest BCUT2D eigenvalue weighted by Crippen LogP contribution is -2.41. The van der Waals surface area contributed by atoms with E-state index in [1.54, 1.807) is 36.4 Å². The van der Waals surface area contributed by atoms with Gasteiger partial charge in [0.05, 0.1) is 12.2 Å². The average Bonchev–Trinajstić information content (AvgIpc) is 3.04. The van der Waals surface area contributed by atoms with Gasteiger partial charge in [-0.15, -0.1) is 12.8 Å². The van der Waals surface area contributed by atoms with Crippen LogP contribution in [0, 0.1) is 9.16 Å². The van der Waals surface area contributed by atoms with Crippen molar-refractivity contribution >= 4 is 57.2 Å². The second-order valence-electron chi connectivity index (χ2n) is 10.7. The van der Waals surface area contributed by atoms with E-state index in [1.807, 2.05) is 0 Å². The first-order valence-electron chi connectivity index (χ1n) is 14.5. The Balaban J connectivity index is 0.000000570. The van der Waals surface area contributed by atoms with Gasteiger partial charge in [0.2, 0.25) is 0 Å². The molecule has 2 amide bonds. The largest absolute Gasteiger partial charge is 0.469 e. The summed E-state index contributed by atoms with van der Waals surface area (Å²) in [6.45, 7) is 1.34. The van der Waals surface area contributed by atoms with Gasteiger partial charge in [0, 0.05) is 12.2 Å². The minimum absolute atomic E-state index is 0.120. The zero-order valence-corrected chi connectivity index (χ0v) is 31.4. The van der Waals surface area contributed by atoms with Gasteiger partial charge in [0.15, 0.2) is 0 Å². The predicted octanol–water partition coefficient (Wildman–Crippen LogP) is 6.42. The van der Waals surface area contributed by atoms with Crippen molar-refractivity contribution in [2.45, 2.75) is 67.5 Å². The molecule has 0 aliphatic heterocycles. The Hall–Kier alpha value is -4.06. The molecule has 0 radical (unpaired) electrons. The highest BCUT2D eigenvalue weighted by atomic mass is 32.3. The molecular weight excluding hydrogens is 901 g/mol. The maximum absolute atomic E-state index is 12.7. The minimum Gasteiger partial charge on any atom is -0.449 e. The molecular formula is C27H26F12N2O12S4-2. The normalized spacial score (nSPS) is 14.5. The van der Waals surface area contributed by atoms with Crippen LogP contribution in [0.4, 0.5) is 68.0 Å². The van der Waals surface area contributed by atoms with E-state index in [1.165, 1.54) is 24.3 Å². The van der Waals surface area contributed by atoms with Gasteiger partial charge < -0.3 is 14.8 Å². The molecule has 0 spiro atoms. The van der Waals surface area contributed by atoms with E-state index in [0.29, 0.717) is 5.56 Å². The molecule has 2 unspecified atom stereocenters. The van der Waals surface area contributed by atoms with E-state index in [4.69, 9.17) is 0 Å². The van der Waals surface area contributed by atoms with Gasteiger partial charge in [0.1, 0.15) is 39.3 Å². The van der Waals surface area contributed by atoms with Crippen LogP contribution in [0.5, 0.6) is 0 Å². The standard InChI is InChI=1S/C14H14F6NO6S2.C13H12F6NO6S2/c1-9(27-12(22)21-8-10-5-3-2-4-6-10)7-11(28(23,24)13(15,16)17)29(25,26)14(18,19)20;1-8(26-11(21)20-9-5-3-2-4-6-9)7-10(27(22,23)12(14,15)16)28(24,25)13(17,18)19/h2-6,9H,7-8H2,1H3,(H,21,22);2-6,8H,7H2,1H3,(H,20,21)/q2*-1. The van der Waals surface area contributed by atoms with Crippen molar-refractivity contribution < 1.29 is 105 Å². The van der Waals surface area contributed by atoms with Crippen LogP contribution in [0.15, 0.2) is 60.7 Å². The summed E-state index contributed by atoms with van der Waals surface area (Å²) in [5.74, 6) is 0. The smallest absolute Gasteiger partial charge is 0.449 e. The number of hydrogen-bond acceptors (Lipinski definition) is 12. The summed E-state index contributed by atoms with van der Waals surface area (Å²) in [6, 6.07) is 15.4. The van der Waals surface area contributed by atoms with Crippen LogP contribution in [0.3, 0.4) is 0 Å². The first kappa shape index (κ1) is 51.0. The molecule has 14 nitrogen and oxygen atoms in total. The molecule has 0 bridgehead atoms. The van der Waals surface area contributed by atoms with Crippen LogP contribution < -0.4 is 10.6 Å². The number of carbonyl (C=O) groups is 2. The summed E-state index contributed by atoms with van der Waals surface area (Å²) in [4.78, 5) is 23.2. The van der Waals surface area contributed by atoms with Gasteiger partial charge in [-0.2, -0.15) is 52.7 Å². The lowest BCUT2D eigenvalue weighted by Gasteiger charge is -2.33. The Morgan fingerprint density at radius 3 is 1.16 bits per heavy atom. The number of para-hydroxylation sites is 1. The molecule has 0 aliphatic rings. The number of sulfone groups is 4. The number of nitrogens with one attached hydrogen (secondary N) is 2. The van der Waals surface area contributed by atoms with Crippen LogP contribution in [0.2, 0.25) is 0 Å². The second-order valence-corrected chi connectivity index (χ2v) is 19.1. The van der Waals surface area contributed by atoms with Crippen LogP contribution in [-0.2, 0) is 55.4 Å². The fraction of sp³-hybridized carbons (Fsp3) is 0.407. The van der Waals surface area contributed by atoms with Gasteiger partial charge in [-0.25, -0.2) is 9.59 Å². The van der Waals surface area contributed by atoms with Gasteiger partial charge in [-0.05, 0) is 31.5 Å². The summed E-state index contributed by atoms with van der Waals surface area (Å²) in [5, 5.41) is 4.20. The topological polar surface area (TPSA) is 213 Å². The number of hydrogen-bond donors (Lipinski definition) is 2. The summed E-state index contributed by atoms with van der Waals surface area (Å²) in [7, 11) is -27.5. The number of benzene rings is 2. The zero-order chi connectivity index (χ0) is 44.6. The third kappa shape index (κ3) is 13.8. The Morgan fingerprint density at radius 2 is 0.842 bits per heavy atom. The first-order valence-corrected chi connectivity index (χ1v) is 20.4. The van der Waals surface area contributed by atoms with E-state index in [0.717, 1.165) is 13.8 Å². The zero-order valence-electron chi connectivity index (χ0n) is 28.1. The van der Waals surface area contributed by atoms with Gasteiger partial charge in [-0.3, -0.25) is 39.0 Å². The number of amides is 2. The van der Waals surface area contributed by atoms with E-state index < -0.39 is 108 Å². The van der Waals surface area contributed by atoms with Crippen molar-refractivity contribution in [3.8, 4) is 0 Å². The molecule has 0 aromatic heterocycles. The molecule has 326 valence electrons. The lowest BCUT2D eigenvalue weighted by molar-refractivity contribution is -0.0470. The minimum atomic E-state index is -6.87. The molecule has 57 heavy (non-hydrogen) atoms. The number of alkyl halides is 12. The Bertz CT molecular complexity index is 2020. The quantitative estimate of drug-likeness (QED) is 0.165. The number of alkyl carbamates (subject to hydrolysis) is 1. The molecule has 2 N–H and O–H groups in total. The first-order chi connectivity index (χ1) is 25.5. The summed E-state index contributed by atoms with van der Waals surface area (Å²) < 4.78 is 246. The molecule has 2 aromatic carbocycles. The maximum atomic E-state index is 12.7. The summed E-state index contributed by atoms with van der Waals surface area (Å²) in [5.41, 5.74) is -24.5. The van der Waals surface area contributed by atoms with E-state index in [9.17, 15) is 95.9 Å². The second kappa shape index (κ2) is 18.7.